The molecule has 9 heteroatoms. The van der Waals surface area contributed by atoms with Gasteiger partial charge in [0.1, 0.15) is 41.5 Å². The van der Waals surface area contributed by atoms with E-state index >= 15 is 0 Å². The number of rotatable bonds is 3. The van der Waals surface area contributed by atoms with Gasteiger partial charge in [-0.1, -0.05) is 0 Å². The molecule has 3 rings (SSSR count). The van der Waals surface area contributed by atoms with Crippen molar-refractivity contribution in [1.82, 2.24) is 0 Å². The van der Waals surface area contributed by atoms with Crippen LogP contribution in [0, 0.1) is 6.92 Å². The quantitative estimate of drug-likeness (QED) is 0.437. The van der Waals surface area contributed by atoms with Gasteiger partial charge < -0.3 is 39.4 Å². The summed E-state index contributed by atoms with van der Waals surface area (Å²) in [6, 6.07) is 3.76. The molecule has 136 valence electrons. The minimum atomic E-state index is -1.63. The zero-order valence-corrected chi connectivity index (χ0v) is 13.2. The number of phenols is 1. The van der Waals surface area contributed by atoms with Crippen LogP contribution >= 0.6 is 0 Å². The molecule has 1 aliphatic heterocycles. The molecular weight excluding hydrogens is 336 g/mol. The number of ether oxygens (including phenoxy) is 2. The lowest BCUT2D eigenvalue weighted by Gasteiger charge is -2.39. The van der Waals surface area contributed by atoms with E-state index in [1.807, 2.05) is 0 Å². The van der Waals surface area contributed by atoms with Crippen molar-refractivity contribution < 1.29 is 39.4 Å². The van der Waals surface area contributed by atoms with Crippen LogP contribution in [-0.4, -0.2) is 62.8 Å². The lowest BCUT2D eigenvalue weighted by Crippen LogP contribution is -2.60. The topological polar surface area (TPSA) is 150 Å². The maximum Gasteiger partial charge on any atom is 0.339 e. The molecule has 0 bridgehead atoms. The summed E-state index contributed by atoms with van der Waals surface area (Å²) < 4.78 is 15.8. The van der Waals surface area contributed by atoms with E-state index in [0.717, 1.165) is 6.07 Å². The van der Waals surface area contributed by atoms with Crippen LogP contribution in [0.15, 0.2) is 27.4 Å². The SMILES string of the molecule is Cc1c(O)ccc2oc(=O)cc(O[C@@H]3O[C@H](CO)[C@@H](O)[C@H](O)[C@H]3O)c12. The molecule has 0 saturated carbocycles. The van der Waals surface area contributed by atoms with Crippen LogP contribution in [0.4, 0.5) is 0 Å². The van der Waals surface area contributed by atoms with Gasteiger partial charge in [0.25, 0.3) is 0 Å². The molecule has 25 heavy (non-hydrogen) atoms. The fourth-order valence-electron chi connectivity index (χ4n) is 2.77. The summed E-state index contributed by atoms with van der Waals surface area (Å²) in [6.07, 6.45) is -7.37. The van der Waals surface area contributed by atoms with E-state index in [0.29, 0.717) is 5.56 Å². The second kappa shape index (κ2) is 6.62. The highest BCUT2D eigenvalue weighted by molar-refractivity contribution is 5.88. The lowest BCUT2D eigenvalue weighted by atomic mass is 9.99. The second-order valence-electron chi connectivity index (χ2n) is 5.83. The molecule has 0 spiro atoms. The Morgan fingerprint density at radius 3 is 2.56 bits per heavy atom. The van der Waals surface area contributed by atoms with Crippen LogP contribution in [0.5, 0.6) is 11.5 Å². The molecule has 1 aliphatic rings. The van der Waals surface area contributed by atoms with Gasteiger partial charge in [0.05, 0.1) is 18.1 Å². The first-order chi connectivity index (χ1) is 11.8. The number of aryl methyl sites for hydroxylation is 1. The van der Waals surface area contributed by atoms with E-state index < -0.39 is 42.9 Å². The summed E-state index contributed by atoms with van der Waals surface area (Å²) in [5.74, 6) is -0.0935. The lowest BCUT2D eigenvalue weighted by molar-refractivity contribution is -0.277. The van der Waals surface area contributed by atoms with Gasteiger partial charge in [-0.3, -0.25) is 0 Å². The Bertz CT molecular complexity index is 828. The van der Waals surface area contributed by atoms with E-state index in [1.165, 1.54) is 12.1 Å². The first-order valence-electron chi connectivity index (χ1n) is 7.57. The number of fused-ring (bicyclic) bond motifs is 1. The molecular formula is C16H18O9. The number of aromatic hydroxyl groups is 1. The predicted molar refractivity (Wildman–Crippen MR) is 83.3 cm³/mol. The Morgan fingerprint density at radius 2 is 1.88 bits per heavy atom. The van der Waals surface area contributed by atoms with Crippen molar-refractivity contribution in [2.24, 2.45) is 0 Å². The van der Waals surface area contributed by atoms with Crippen LogP contribution in [0.25, 0.3) is 11.0 Å². The highest BCUT2D eigenvalue weighted by Gasteiger charge is 2.44. The Labute approximate surface area is 141 Å². The summed E-state index contributed by atoms with van der Waals surface area (Å²) in [6.45, 7) is 0.972. The number of benzene rings is 1. The van der Waals surface area contributed by atoms with Crippen LogP contribution in [0.2, 0.25) is 0 Å². The molecule has 9 nitrogen and oxygen atoms in total. The van der Waals surface area contributed by atoms with Crippen molar-refractivity contribution in [3.63, 3.8) is 0 Å². The fraction of sp³-hybridized carbons (Fsp3) is 0.438. The van der Waals surface area contributed by atoms with E-state index in [9.17, 15) is 30.3 Å². The van der Waals surface area contributed by atoms with Crippen LogP contribution in [0.1, 0.15) is 5.56 Å². The van der Waals surface area contributed by atoms with E-state index in [2.05, 4.69) is 0 Å². The molecule has 1 aromatic carbocycles. The third-order valence-electron chi connectivity index (χ3n) is 4.20. The van der Waals surface area contributed by atoms with Gasteiger partial charge in [0.15, 0.2) is 0 Å². The Kier molecular flexibility index (Phi) is 4.67. The van der Waals surface area contributed by atoms with Gasteiger partial charge in [0.2, 0.25) is 6.29 Å². The van der Waals surface area contributed by atoms with Crippen molar-refractivity contribution in [2.75, 3.05) is 6.61 Å². The zero-order chi connectivity index (χ0) is 18.3. The average molecular weight is 354 g/mol. The summed E-state index contributed by atoms with van der Waals surface area (Å²) in [7, 11) is 0. The van der Waals surface area contributed by atoms with Gasteiger partial charge in [-0.2, -0.15) is 0 Å². The first-order valence-corrected chi connectivity index (χ1v) is 7.57. The zero-order valence-electron chi connectivity index (χ0n) is 13.2. The standard InChI is InChI=1S/C16H18O9/c1-6-7(18)2-3-8-12(6)9(4-11(19)23-8)24-16-15(22)14(21)13(20)10(5-17)25-16/h2-4,10,13-18,20-22H,5H2,1H3/t10-,13-,14+,15-,16-/m1/s1. The van der Waals surface area contributed by atoms with Crippen LogP contribution in [0.3, 0.4) is 0 Å². The smallest absolute Gasteiger partial charge is 0.339 e. The monoisotopic (exact) mass is 354 g/mol. The molecule has 0 radical (unpaired) electrons. The average Bonchev–Trinajstić information content (AvgIpc) is 2.58. The molecule has 0 amide bonds. The van der Waals surface area contributed by atoms with Gasteiger partial charge >= 0.3 is 5.63 Å². The maximum absolute atomic E-state index is 11.7. The molecule has 0 unspecified atom stereocenters. The van der Waals surface area contributed by atoms with E-state index in [4.69, 9.17) is 13.9 Å². The molecule has 5 N–H and O–H groups in total. The summed E-state index contributed by atoms with van der Waals surface area (Å²) >= 11 is 0. The van der Waals surface area contributed by atoms with Crippen molar-refractivity contribution in [1.29, 1.82) is 0 Å². The Balaban J connectivity index is 2.02. The van der Waals surface area contributed by atoms with Gasteiger partial charge in [-0.05, 0) is 19.1 Å². The largest absolute Gasteiger partial charge is 0.508 e. The first kappa shape index (κ1) is 17.6. The molecule has 2 aromatic rings. The van der Waals surface area contributed by atoms with Crippen molar-refractivity contribution >= 4 is 11.0 Å². The Morgan fingerprint density at radius 1 is 1.16 bits per heavy atom. The number of hydrogen-bond donors (Lipinski definition) is 5. The minimum absolute atomic E-state index is 0.0380. The highest BCUT2D eigenvalue weighted by atomic mass is 16.7. The molecule has 1 aromatic heterocycles. The van der Waals surface area contributed by atoms with Crippen LogP contribution in [-0.2, 0) is 4.74 Å². The molecule has 1 saturated heterocycles. The van der Waals surface area contributed by atoms with E-state index in [-0.39, 0.29) is 22.5 Å². The fourth-order valence-corrected chi connectivity index (χ4v) is 2.77. The van der Waals surface area contributed by atoms with E-state index in [1.54, 1.807) is 6.92 Å². The number of hydrogen-bond acceptors (Lipinski definition) is 9. The maximum atomic E-state index is 11.7. The Hall–Kier alpha value is -2.17. The second-order valence-corrected chi connectivity index (χ2v) is 5.83. The number of aliphatic hydroxyl groups excluding tert-OH is 4. The van der Waals surface area contributed by atoms with Gasteiger partial charge in [-0.15, -0.1) is 0 Å². The molecule has 0 aliphatic carbocycles. The van der Waals surface area contributed by atoms with Crippen LogP contribution < -0.4 is 10.4 Å². The molecule has 5 atom stereocenters. The van der Waals surface area contributed by atoms with Crippen molar-refractivity contribution in [3.8, 4) is 11.5 Å². The summed E-state index contributed by atoms with van der Waals surface area (Å²) in [5, 5.41) is 49.0. The minimum Gasteiger partial charge on any atom is -0.508 e. The van der Waals surface area contributed by atoms with Crippen molar-refractivity contribution in [2.45, 2.75) is 37.6 Å². The third-order valence-corrected chi connectivity index (χ3v) is 4.20. The number of aliphatic hydroxyl groups is 4. The normalized spacial score (nSPS) is 29.7. The molecule has 2 heterocycles. The van der Waals surface area contributed by atoms with Gasteiger partial charge in [0, 0.05) is 5.56 Å². The predicted octanol–water partition coefficient (Wildman–Crippen LogP) is -1.01. The third kappa shape index (κ3) is 3.08. The highest BCUT2D eigenvalue weighted by Crippen LogP contribution is 2.34. The summed E-state index contributed by atoms with van der Waals surface area (Å²) in [5.41, 5.74) is -0.194. The van der Waals surface area contributed by atoms with Gasteiger partial charge in [-0.25, -0.2) is 4.79 Å². The molecule has 1 fully saturated rings. The number of phenolic OH excluding ortho intramolecular Hbond substituents is 1. The summed E-state index contributed by atoms with van der Waals surface area (Å²) in [4.78, 5) is 11.7. The van der Waals surface area contributed by atoms with Crippen molar-refractivity contribution in [3.05, 3.63) is 34.2 Å².